The van der Waals surface area contributed by atoms with Crippen LogP contribution in [0.4, 0.5) is 5.69 Å². The molecule has 2 N–H and O–H groups in total. The summed E-state index contributed by atoms with van der Waals surface area (Å²) in [5.74, 6) is 0. The number of nitrogens with zero attached hydrogens (tertiary/aromatic N) is 3. The molecule has 1 atom stereocenters. The minimum Gasteiger partial charge on any atom is -0.399 e. The molecule has 0 bridgehead atoms. The van der Waals surface area contributed by atoms with E-state index in [0.29, 0.717) is 50.8 Å². The highest BCUT2D eigenvalue weighted by molar-refractivity contribution is 7.86. The molecular formula is C14H22N4O4S. The van der Waals surface area contributed by atoms with Crippen LogP contribution in [0.2, 0.25) is 0 Å². The summed E-state index contributed by atoms with van der Waals surface area (Å²) in [5, 5.41) is 0. The Hall–Kier alpha value is -1.26. The topological polar surface area (TPSA) is 98.0 Å². The highest BCUT2D eigenvalue weighted by atomic mass is 32.2. The number of hydrogen-bond donors (Lipinski definition) is 1. The van der Waals surface area contributed by atoms with E-state index in [1.54, 1.807) is 12.1 Å². The van der Waals surface area contributed by atoms with Gasteiger partial charge < -0.3 is 15.2 Å². The van der Waals surface area contributed by atoms with Gasteiger partial charge in [0.2, 0.25) is 0 Å². The van der Waals surface area contributed by atoms with E-state index in [4.69, 9.17) is 15.2 Å². The van der Waals surface area contributed by atoms with Crippen LogP contribution in [0.5, 0.6) is 0 Å². The molecule has 1 aromatic rings. The molecule has 0 saturated carbocycles. The van der Waals surface area contributed by atoms with Crippen molar-refractivity contribution in [1.29, 1.82) is 0 Å². The van der Waals surface area contributed by atoms with E-state index in [1.807, 2.05) is 6.92 Å². The second-order valence-corrected chi connectivity index (χ2v) is 7.63. The van der Waals surface area contributed by atoms with Crippen LogP contribution >= 0.6 is 0 Å². The van der Waals surface area contributed by atoms with Crippen LogP contribution in [0.25, 0.3) is 0 Å². The number of pyridine rings is 1. The van der Waals surface area contributed by atoms with E-state index >= 15 is 0 Å². The molecule has 3 heterocycles. The monoisotopic (exact) mass is 342 g/mol. The smallest absolute Gasteiger partial charge is 0.282 e. The van der Waals surface area contributed by atoms with Crippen LogP contribution in [0.3, 0.4) is 0 Å². The molecule has 23 heavy (non-hydrogen) atoms. The zero-order valence-electron chi connectivity index (χ0n) is 13.1. The van der Waals surface area contributed by atoms with Gasteiger partial charge >= 0.3 is 0 Å². The lowest BCUT2D eigenvalue weighted by molar-refractivity contribution is -0.00847. The Kier molecular flexibility index (Phi) is 4.83. The third-order valence-electron chi connectivity index (χ3n) is 3.98. The van der Waals surface area contributed by atoms with Crippen molar-refractivity contribution in [3.63, 3.8) is 0 Å². The largest absolute Gasteiger partial charge is 0.399 e. The van der Waals surface area contributed by atoms with Crippen molar-refractivity contribution in [1.82, 2.24) is 13.6 Å². The van der Waals surface area contributed by atoms with Gasteiger partial charge in [-0.25, -0.2) is 0 Å². The number of anilines is 1. The van der Waals surface area contributed by atoms with E-state index in [-0.39, 0.29) is 6.54 Å². The first-order valence-electron chi connectivity index (χ1n) is 7.65. The normalized spacial score (nSPS) is 24.7. The lowest BCUT2D eigenvalue weighted by atomic mass is 10.2. The number of ether oxygens (including phenoxy) is 2. The Morgan fingerprint density at radius 3 is 2.57 bits per heavy atom. The van der Waals surface area contributed by atoms with E-state index < -0.39 is 16.3 Å². The summed E-state index contributed by atoms with van der Waals surface area (Å²) in [6.07, 6.45) is -0.401. The summed E-state index contributed by atoms with van der Waals surface area (Å²) < 4.78 is 39.4. The van der Waals surface area contributed by atoms with Crippen LogP contribution in [0, 0.1) is 6.92 Å². The first-order chi connectivity index (χ1) is 11.0. The lowest BCUT2D eigenvalue weighted by Crippen LogP contribution is -2.52. The fourth-order valence-electron chi connectivity index (χ4n) is 2.84. The Morgan fingerprint density at radius 1 is 1.17 bits per heavy atom. The lowest BCUT2D eigenvalue weighted by Gasteiger charge is -2.36. The van der Waals surface area contributed by atoms with Crippen LogP contribution in [-0.2, 0) is 19.7 Å². The number of nitrogen functional groups attached to an aromatic ring is 1. The van der Waals surface area contributed by atoms with Crippen molar-refractivity contribution in [2.24, 2.45) is 0 Å². The summed E-state index contributed by atoms with van der Waals surface area (Å²) in [4.78, 5) is 4.43. The van der Waals surface area contributed by atoms with Crippen LogP contribution in [-0.4, -0.2) is 68.0 Å². The summed E-state index contributed by atoms with van der Waals surface area (Å²) >= 11 is 0. The van der Waals surface area contributed by atoms with Gasteiger partial charge in [0.05, 0.1) is 25.5 Å². The van der Waals surface area contributed by atoms with Crippen LogP contribution in [0.1, 0.15) is 17.5 Å². The Morgan fingerprint density at radius 2 is 1.87 bits per heavy atom. The van der Waals surface area contributed by atoms with Gasteiger partial charge in [0.1, 0.15) is 6.10 Å². The molecule has 3 rings (SSSR count). The van der Waals surface area contributed by atoms with Gasteiger partial charge in [-0.1, -0.05) is 0 Å². The minimum absolute atomic E-state index is 0.246. The van der Waals surface area contributed by atoms with Crippen LogP contribution < -0.4 is 5.73 Å². The van der Waals surface area contributed by atoms with Gasteiger partial charge in [-0.05, 0) is 19.1 Å². The summed E-state index contributed by atoms with van der Waals surface area (Å²) in [6, 6.07) is 3.51. The van der Waals surface area contributed by atoms with E-state index in [2.05, 4.69) is 4.98 Å². The molecule has 0 aromatic carbocycles. The number of nitrogens with two attached hydrogens (primary N) is 1. The quantitative estimate of drug-likeness (QED) is 0.825. The zero-order chi connectivity index (χ0) is 16.4. The molecule has 0 aliphatic carbocycles. The molecule has 1 aromatic heterocycles. The van der Waals surface area contributed by atoms with Crippen molar-refractivity contribution in [3.05, 3.63) is 23.5 Å². The summed E-state index contributed by atoms with van der Waals surface area (Å²) in [7, 11) is -3.50. The molecule has 2 saturated heterocycles. The number of rotatable bonds is 3. The third kappa shape index (κ3) is 3.64. The van der Waals surface area contributed by atoms with E-state index in [0.717, 1.165) is 5.69 Å². The van der Waals surface area contributed by atoms with E-state index in [1.165, 1.54) is 8.61 Å². The number of aryl methyl sites for hydroxylation is 1. The number of morpholine rings is 2. The van der Waals surface area contributed by atoms with Crippen molar-refractivity contribution >= 4 is 15.9 Å². The van der Waals surface area contributed by atoms with Gasteiger partial charge in [0, 0.05) is 37.6 Å². The Balaban J connectivity index is 1.77. The molecule has 2 aliphatic heterocycles. The van der Waals surface area contributed by atoms with Gasteiger partial charge in [0.15, 0.2) is 0 Å². The number of hydrogen-bond acceptors (Lipinski definition) is 6. The highest BCUT2D eigenvalue weighted by Crippen LogP contribution is 2.25. The van der Waals surface area contributed by atoms with Gasteiger partial charge in [-0.3, -0.25) is 4.98 Å². The zero-order valence-corrected chi connectivity index (χ0v) is 14.0. The molecule has 2 aliphatic rings. The van der Waals surface area contributed by atoms with Crippen molar-refractivity contribution in [2.75, 3.05) is 51.7 Å². The maximum Gasteiger partial charge on any atom is 0.282 e. The third-order valence-corrected chi connectivity index (χ3v) is 5.98. The fourth-order valence-corrected chi connectivity index (χ4v) is 4.41. The first kappa shape index (κ1) is 16.6. The highest BCUT2D eigenvalue weighted by Gasteiger charge is 2.35. The molecule has 0 amide bonds. The van der Waals surface area contributed by atoms with Gasteiger partial charge in [-0.15, -0.1) is 0 Å². The fraction of sp³-hybridized carbons (Fsp3) is 0.643. The van der Waals surface area contributed by atoms with Crippen molar-refractivity contribution < 1.29 is 17.9 Å². The standard InChI is InChI=1S/C14H22N4O4S/c1-11-8-12(15)9-13(16-11)14-10-18(4-7-22-14)23(19,20)17-2-5-21-6-3-17/h8-9,14H,2-7,10H2,1H3,(H2,15,16). The maximum atomic E-state index is 12.7. The molecule has 0 radical (unpaired) electrons. The molecule has 2 fully saturated rings. The predicted octanol–water partition coefficient (Wildman–Crippen LogP) is -0.0775. The van der Waals surface area contributed by atoms with Crippen molar-refractivity contribution in [3.8, 4) is 0 Å². The Bertz CT molecular complexity index is 640. The van der Waals surface area contributed by atoms with E-state index in [9.17, 15) is 8.42 Å². The second kappa shape index (κ2) is 6.70. The minimum atomic E-state index is -3.50. The Labute approximate surface area is 136 Å². The molecule has 0 spiro atoms. The predicted molar refractivity (Wildman–Crippen MR) is 85.0 cm³/mol. The average Bonchev–Trinajstić information content (AvgIpc) is 2.55. The molecule has 8 nitrogen and oxygen atoms in total. The maximum absolute atomic E-state index is 12.7. The molecule has 1 unspecified atom stereocenters. The molecule has 128 valence electrons. The SMILES string of the molecule is Cc1cc(N)cc(C2CN(S(=O)(=O)N3CCOCC3)CCO2)n1. The average molecular weight is 342 g/mol. The van der Waals surface area contributed by atoms with Gasteiger partial charge in [0.25, 0.3) is 10.2 Å². The summed E-state index contributed by atoms with van der Waals surface area (Å²) in [6.45, 7) is 4.42. The summed E-state index contributed by atoms with van der Waals surface area (Å²) in [5.41, 5.74) is 7.91. The van der Waals surface area contributed by atoms with Crippen molar-refractivity contribution in [2.45, 2.75) is 13.0 Å². The first-order valence-corrected chi connectivity index (χ1v) is 9.05. The second-order valence-electron chi connectivity index (χ2n) is 5.70. The van der Waals surface area contributed by atoms with Crippen LogP contribution in [0.15, 0.2) is 12.1 Å². The molecule has 9 heteroatoms. The molecular weight excluding hydrogens is 320 g/mol. The number of aromatic nitrogens is 1. The van der Waals surface area contributed by atoms with Gasteiger partial charge in [-0.2, -0.15) is 17.0 Å².